The lowest BCUT2D eigenvalue weighted by Crippen LogP contribution is -2.40. The topological polar surface area (TPSA) is 52.5 Å². The van der Waals surface area contributed by atoms with Crippen molar-refractivity contribution in [1.82, 2.24) is 5.32 Å². The number of aliphatic hydroxyl groups is 2. The van der Waals surface area contributed by atoms with Gasteiger partial charge in [0.05, 0.1) is 0 Å². The third-order valence-corrected chi connectivity index (χ3v) is 1.80. The summed E-state index contributed by atoms with van der Waals surface area (Å²) >= 11 is 0. The van der Waals surface area contributed by atoms with Crippen LogP contribution in [-0.4, -0.2) is 21.6 Å². The third kappa shape index (κ3) is 2.78. The molecular weight excluding hydrogens is 186 g/mol. The molecule has 13 heavy (non-hydrogen) atoms. The number of hydrogen-bond acceptors (Lipinski definition) is 2. The second-order valence-electron chi connectivity index (χ2n) is 2.47. The van der Waals surface area contributed by atoms with Gasteiger partial charge in [-0.2, -0.15) is 0 Å². The first kappa shape index (κ1) is 10.1. The van der Waals surface area contributed by atoms with Crippen molar-refractivity contribution in [3.63, 3.8) is 0 Å². The molecule has 0 aliphatic rings. The fourth-order valence-electron chi connectivity index (χ4n) is 0.878. The molecule has 70 valence electrons. The summed E-state index contributed by atoms with van der Waals surface area (Å²) in [6.45, 7) is 0. The van der Waals surface area contributed by atoms with E-state index < -0.39 is 5.91 Å². The van der Waals surface area contributed by atoms with Crippen LogP contribution in [0.4, 0.5) is 0 Å². The number of rotatable bonds is 3. The molecule has 0 spiro atoms. The SMILES string of the molecule is C=S=CNC(O)(O)c1ccccc1. The maximum atomic E-state index is 9.49. The van der Waals surface area contributed by atoms with Gasteiger partial charge in [-0.15, -0.1) is 10.9 Å². The molecule has 0 aliphatic carbocycles. The summed E-state index contributed by atoms with van der Waals surface area (Å²) in [4.78, 5) is 0. The Kier molecular flexibility index (Phi) is 3.39. The Morgan fingerprint density at radius 3 is 2.46 bits per heavy atom. The van der Waals surface area contributed by atoms with Crippen LogP contribution in [-0.2, 0) is 5.91 Å². The molecule has 0 saturated heterocycles. The number of nitrogens with one attached hydrogen (secondary N) is 1. The van der Waals surface area contributed by atoms with Crippen LogP contribution in [0.5, 0.6) is 0 Å². The van der Waals surface area contributed by atoms with E-state index in [0.717, 1.165) is 10.9 Å². The summed E-state index contributed by atoms with van der Waals surface area (Å²) in [5.41, 5.74) is 1.80. The van der Waals surface area contributed by atoms with E-state index in [1.54, 1.807) is 30.3 Å². The minimum Gasteiger partial charge on any atom is -0.349 e. The van der Waals surface area contributed by atoms with Crippen LogP contribution < -0.4 is 5.32 Å². The van der Waals surface area contributed by atoms with Crippen LogP contribution in [0, 0.1) is 0 Å². The van der Waals surface area contributed by atoms with Crippen LogP contribution in [0.3, 0.4) is 0 Å². The molecule has 1 aromatic carbocycles. The fraction of sp³-hybridized carbons (Fsp3) is 0.111. The zero-order chi connectivity index (χ0) is 9.73. The Balaban J connectivity index is 2.87. The highest BCUT2D eigenvalue weighted by Crippen LogP contribution is 2.12. The van der Waals surface area contributed by atoms with Gasteiger partial charge in [-0.1, -0.05) is 30.3 Å². The van der Waals surface area contributed by atoms with Crippen LogP contribution in [0.25, 0.3) is 0 Å². The maximum absolute atomic E-state index is 9.49. The predicted molar refractivity (Wildman–Crippen MR) is 56.5 cm³/mol. The molecule has 1 aromatic rings. The van der Waals surface area contributed by atoms with E-state index in [-0.39, 0.29) is 0 Å². The summed E-state index contributed by atoms with van der Waals surface area (Å²) in [7, 11) is 1.12. The normalized spacial score (nSPS) is 10.9. The Morgan fingerprint density at radius 2 is 1.92 bits per heavy atom. The van der Waals surface area contributed by atoms with Crippen molar-refractivity contribution < 1.29 is 10.2 Å². The third-order valence-electron chi connectivity index (χ3n) is 1.52. The quantitative estimate of drug-likeness (QED) is 0.482. The average molecular weight is 197 g/mol. The standard InChI is InChI=1S/C9H11NO2S/c1-13-7-10-9(11,12)8-5-3-2-4-6-8/h2-7,10-12H,1H2. The average Bonchev–Trinajstić information content (AvgIpc) is 2.16. The molecule has 0 atom stereocenters. The predicted octanol–water partition coefficient (Wildman–Crippen LogP) is 0.296. The van der Waals surface area contributed by atoms with E-state index >= 15 is 0 Å². The Labute approximate surface area is 80.2 Å². The molecule has 0 aromatic heterocycles. The lowest BCUT2D eigenvalue weighted by Gasteiger charge is -2.20. The van der Waals surface area contributed by atoms with Crippen molar-refractivity contribution in [1.29, 1.82) is 0 Å². The van der Waals surface area contributed by atoms with E-state index in [2.05, 4.69) is 11.2 Å². The monoisotopic (exact) mass is 197 g/mol. The van der Waals surface area contributed by atoms with Crippen LogP contribution >= 0.6 is 10.9 Å². The van der Waals surface area contributed by atoms with E-state index in [1.807, 2.05) is 0 Å². The summed E-state index contributed by atoms with van der Waals surface area (Å²) in [6, 6.07) is 8.51. The van der Waals surface area contributed by atoms with Gasteiger partial charge in [0.15, 0.2) is 0 Å². The first-order valence-corrected chi connectivity index (χ1v) is 4.72. The molecule has 0 unspecified atom stereocenters. The van der Waals surface area contributed by atoms with E-state index in [1.165, 1.54) is 5.49 Å². The van der Waals surface area contributed by atoms with E-state index in [9.17, 15) is 10.2 Å². The first-order chi connectivity index (χ1) is 6.17. The number of hydrogen-bond donors (Lipinski definition) is 3. The maximum Gasteiger partial charge on any atom is 0.255 e. The van der Waals surface area contributed by atoms with Crippen molar-refractivity contribution in [3.8, 4) is 0 Å². The minimum atomic E-state index is -2.02. The molecular formula is C9H11NO2S. The summed E-state index contributed by atoms with van der Waals surface area (Å²) in [6.07, 6.45) is 0. The molecule has 0 bridgehead atoms. The van der Waals surface area contributed by atoms with Crippen LogP contribution in [0.2, 0.25) is 0 Å². The Hall–Kier alpha value is -0.940. The van der Waals surface area contributed by atoms with Crippen molar-refractivity contribution in [2.24, 2.45) is 0 Å². The highest BCUT2D eigenvalue weighted by Gasteiger charge is 2.23. The number of benzene rings is 1. The van der Waals surface area contributed by atoms with Gasteiger partial charge in [0, 0.05) is 11.1 Å². The molecule has 1 rings (SSSR count). The molecule has 0 heterocycles. The van der Waals surface area contributed by atoms with Gasteiger partial charge in [-0.3, -0.25) is 0 Å². The van der Waals surface area contributed by atoms with Gasteiger partial charge < -0.3 is 10.2 Å². The Morgan fingerprint density at radius 1 is 1.31 bits per heavy atom. The molecule has 0 saturated carbocycles. The fourth-order valence-corrected chi connectivity index (χ4v) is 1.13. The van der Waals surface area contributed by atoms with Crippen molar-refractivity contribution in [3.05, 3.63) is 35.9 Å². The minimum absolute atomic E-state index is 0.389. The summed E-state index contributed by atoms with van der Waals surface area (Å²) in [5, 5.41) is 21.4. The summed E-state index contributed by atoms with van der Waals surface area (Å²) < 4.78 is 0. The smallest absolute Gasteiger partial charge is 0.255 e. The molecule has 3 N–H and O–H groups in total. The van der Waals surface area contributed by atoms with Crippen LogP contribution in [0.15, 0.2) is 30.3 Å². The van der Waals surface area contributed by atoms with Gasteiger partial charge in [-0.05, 0) is 5.87 Å². The lowest BCUT2D eigenvalue weighted by atomic mass is 10.2. The van der Waals surface area contributed by atoms with Crippen molar-refractivity contribution >= 4 is 22.3 Å². The van der Waals surface area contributed by atoms with Crippen molar-refractivity contribution in [2.75, 3.05) is 0 Å². The van der Waals surface area contributed by atoms with E-state index in [4.69, 9.17) is 0 Å². The second kappa shape index (κ2) is 4.34. The molecule has 4 heteroatoms. The second-order valence-corrected chi connectivity index (χ2v) is 3.04. The van der Waals surface area contributed by atoms with Gasteiger partial charge in [0.2, 0.25) is 0 Å². The van der Waals surface area contributed by atoms with Gasteiger partial charge in [-0.25, -0.2) is 5.32 Å². The molecule has 0 radical (unpaired) electrons. The first-order valence-electron chi connectivity index (χ1n) is 3.67. The van der Waals surface area contributed by atoms with E-state index in [0.29, 0.717) is 5.56 Å². The molecule has 0 fully saturated rings. The molecule has 0 aliphatic heterocycles. The highest BCUT2D eigenvalue weighted by atomic mass is 32.1. The lowest BCUT2D eigenvalue weighted by molar-refractivity contribution is -0.180. The zero-order valence-electron chi connectivity index (χ0n) is 6.97. The molecule has 0 amide bonds. The van der Waals surface area contributed by atoms with Gasteiger partial charge >= 0.3 is 0 Å². The van der Waals surface area contributed by atoms with Gasteiger partial charge in [0.25, 0.3) is 5.91 Å². The summed E-state index contributed by atoms with van der Waals surface area (Å²) in [5.74, 6) is 1.44. The largest absolute Gasteiger partial charge is 0.349 e. The van der Waals surface area contributed by atoms with Crippen molar-refractivity contribution in [2.45, 2.75) is 5.91 Å². The van der Waals surface area contributed by atoms with Gasteiger partial charge in [0.1, 0.15) is 0 Å². The zero-order valence-corrected chi connectivity index (χ0v) is 7.79. The molecule has 3 nitrogen and oxygen atoms in total. The Bertz CT molecular complexity index is 318. The highest BCUT2D eigenvalue weighted by molar-refractivity contribution is 7.94. The van der Waals surface area contributed by atoms with Crippen LogP contribution in [0.1, 0.15) is 5.56 Å².